The summed E-state index contributed by atoms with van der Waals surface area (Å²) in [5.41, 5.74) is 1.97. The third-order valence-corrected chi connectivity index (χ3v) is 5.04. The van der Waals surface area contributed by atoms with E-state index in [-0.39, 0.29) is 11.2 Å². The van der Waals surface area contributed by atoms with Gasteiger partial charge in [-0.05, 0) is 13.8 Å². The van der Waals surface area contributed by atoms with E-state index in [9.17, 15) is 4.39 Å². The molecule has 4 heterocycles. The molecule has 0 saturated carbocycles. The van der Waals surface area contributed by atoms with Crippen molar-refractivity contribution in [3.63, 3.8) is 0 Å². The van der Waals surface area contributed by atoms with Crippen molar-refractivity contribution < 1.29 is 4.39 Å². The molecule has 3 aromatic heterocycles. The van der Waals surface area contributed by atoms with Gasteiger partial charge in [-0.3, -0.25) is 0 Å². The summed E-state index contributed by atoms with van der Waals surface area (Å²) >= 11 is 0. The first-order valence-corrected chi connectivity index (χ1v) is 9.60. The average molecular weight is 383 g/mol. The highest BCUT2D eigenvalue weighted by molar-refractivity contribution is 5.52. The zero-order valence-corrected chi connectivity index (χ0v) is 17.1. The van der Waals surface area contributed by atoms with Gasteiger partial charge in [0, 0.05) is 49.4 Å². The van der Waals surface area contributed by atoms with Gasteiger partial charge >= 0.3 is 0 Å². The Bertz CT molecular complexity index is 1010. The number of hydrogen-bond donors (Lipinski definition) is 0. The second-order valence-corrected chi connectivity index (χ2v) is 8.35. The maximum Gasteiger partial charge on any atom is 0.186 e. The maximum atomic E-state index is 14.8. The first-order valence-electron chi connectivity index (χ1n) is 9.60. The molecule has 0 bridgehead atoms. The van der Waals surface area contributed by atoms with E-state index in [1.165, 1.54) is 0 Å². The molecule has 8 heteroatoms. The summed E-state index contributed by atoms with van der Waals surface area (Å²) in [5, 5.41) is 4.39. The summed E-state index contributed by atoms with van der Waals surface area (Å²) in [4.78, 5) is 17.7. The number of rotatable bonds is 2. The lowest BCUT2D eigenvalue weighted by Crippen LogP contribution is -2.48. The molecule has 1 aliphatic rings. The van der Waals surface area contributed by atoms with E-state index in [1.807, 2.05) is 49.2 Å². The normalized spacial score (nSPS) is 15.5. The van der Waals surface area contributed by atoms with Crippen molar-refractivity contribution in [3.8, 4) is 0 Å². The molecule has 1 saturated heterocycles. The molecule has 0 aliphatic carbocycles. The molecule has 148 valence electrons. The lowest BCUT2D eigenvalue weighted by atomic mass is 9.95. The molecule has 0 amide bonds. The summed E-state index contributed by atoms with van der Waals surface area (Å²) in [7, 11) is 0. The molecule has 0 N–H and O–H groups in total. The van der Waals surface area contributed by atoms with Crippen molar-refractivity contribution in [3.05, 3.63) is 41.4 Å². The molecule has 7 nitrogen and oxygen atoms in total. The van der Waals surface area contributed by atoms with Crippen LogP contribution in [-0.4, -0.2) is 50.7 Å². The Labute approximate surface area is 164 Å². The molecule has 4 rings (SSSR count). The van der Waals surface area contributed by atoms with Crippen LogP contribution in [0.3, 0.4) is 0 Å². The fraction of sp³-hybridized carbons (Fsp3) is 0.500. The highest BCUT2D eigenvalue weighted by atomic mass is 19.1. The van der Waals surface area contributed by atoms with Gasteiger partial charge < -0.3 is 9.80 Å². The highest BCUT2D eigenvalue weighted by Gasteiger charge is 2.27. The van der Waals surface area contributed by atoms with Crippen LogP contribution >= 0.6 is 0 Å². The number of halogens is 1. The van der Waals surface area contributed by atoms with Gasteiger partial charge in [-0.15, -0.1) is 0 Å². The number of nitrogens with zero attached hydrogens (tertiary/aromatic N) is 7. The van der Waals surface area contributed by atoms with Crippen LogP contribution in [0.4, 0.5) is 16.0 Å². The van der Waals surface area contributed by atoms with Crippen LogP contribution in [0.5, 0.6) is 0 Å². The van der Waals surface area contributed by atoms with Crippen LogP contribution in [0.2, 0.25) is 0 Å². The molecular formula is C20H26FN7. The minimum atomic E-state index is -0.323. The Morgan fingerprint density at radius 2 is 1.64 bits per heavy atom. The van der Waals surface area contributed by atoms with E-state index in [0.29, 0.717) is 30.4 Å². The van der Waals surface area contributed by atoms with Crippen LogP contribution < -0.4 is 9.80 Å². The van der Waals surface area contributed by atoms with E-state index < -0.39 is 0 Å². The van der Waals surface area contributed by atoms with E-state index in [0.717, 1.165) is 30.2 Å². The number of anilines is 2. The Kier molecular flexibility index (Phi) is 4.44. The number of aryl methyl sites for hydroxylation is 2. The molecule has 3 aromatic rings. The number of piperazine rings is 1. The molecule has 0 radical (unpaired) electrons. The smallest absolute Gasteiger partial charge is 0.186 e. The fourth-order valence-electron chi connectivity index (χ4n) is 3.48. The third-order valence-electron chi connectivity index (χ3n) is 5.04. The van der Waals surface area contributed by atoms with E-state index in [2.05, 4.69) is 25.0 Å². The van der Waals surface area contributed by atoms with Crippen LogP contribution in [0.15, 0.2) is 18.3 Å². The molecule has 0 atom stereocenters. The van der Waals surface area contributed by atoms with Crippen LogP contribution in [0.1, 0.15) is 38.0 Å². The van der Waals surface area contributed by atoms with Crippen molar-refractivity contribution >= 4 is 17.3 Å². The van der Waals surface area contributed by atoms with E-state index in [4.69, 9.17) is 0 Å². The van der Waals surface area contributed by atoms with Crippen LogP contribution in [0, 0.1) is 19.7 Å². The van der Waals surface area contributed by atoms with Crippen molar-refractivity contribution in [1.82, 2.24) is 24.6 Å². The minimum Gasteiger partial charge on any atom is -0.353 e. The lowest BCUT2D eigenvalue weighted by molar-refractivity contribution is 0.516. The minimum absolute atomic E-state index is 0.227. The van der Waals surface area contributed by atoms with Gasteiger partial charge in [0.25, 0.3) is 0 Å². The second kappa shape index (κ2) is 6.68. The number of hydrogen-bond acceptors (Lipinski definition) is 6. The number of fused-ring (bicyclic) bond motifs is 1. The van der Waals surface area contributed by atoms with Gasteiger partial charge in [0.1, 0.15) is 11.6 Å². The average Bonchev–Trinajstić information content (AvgIpc) is 3.11. The predicted molar refractivity (Wildman–Crippen MR) is 108 cm³/mol. The topological polar surface area (TPSA) is 62.5 Å². The van der Waals surface area contributed by atoms with Crippen LogP contribution in [-0.2, 0) is 5.41 Å². The molecular weight excluding hydrogens is 357 g/mol. The lowest BCUT2D eigenvalue weighted by Gasteiger charge is -2.37. The summed E-state index contributed by atoms with van der Waals surface area (Å²) < 4.78 is 16.6. The van der Waals surface area contributed by atoms with Gasteiger partial charge in [-0.2, -0.15) is 9.61 Å². The van der Waals surface area contributed by atoms with Crippen molar-refractivity contribution in [2.75, 3.05) is 36.0 Å². The van der Waals surface area contributed by atoms with Gasteiger partial charge in [-0.1, -0.05) is 20.8 Å². The molecule has 28 heavy (non-hydrogen) atoms. The third kappa shape index (κ3) is 3.27. The standard InChI is InChI=1S/C20H26FN7/c1-13-12-16(28-15(23-13)6-7-22-28)26-8-10-27(11-9-26)18-17(21)14(2)24-19(25-18)20(3,4)5/h6-7,12H,8-11H2,1-5H3. The summed E-state index contributed by atoms with van der Waals surface area (Å²) in [5.74, 6) is 1.77. The fourth-order valence-corrected chi connectivity index (χ4v) is 3.48. The van der Waals surface area contributed by atoms with Gasteiger partial charge in [0.2, 0.25) is 0 Å². The Balaban J connectivity index is 1.59. The van der Waals surface area contributed by atoms with Gasteiger partial charge in [0.05, 0.1) is 11.9 Å². The second-order valence-electron chi connectivity index (χ2n) is 8.35. The Morgan fingerprint density at radius 1 is 0.964 bits per heavy atom. The molecule has 0 spiro atoms. The monoisotopic (exact) mass is 383 g/mol. The largest absolute Gasteiger partial charge is 0.353 e. The van der Waals surface area contributed by atoms with Gasteiger partial charge in [-0.25, -0.2) is 19.3 Å². The SMILES string of the molecule is Cc1cc(N2CCN(c3nc(C(C)(C)C)nc(C)c3F)CC2)n2nccc2n1. The van der Waals surface area contributed by atoms with E-state index >= 15 is 0 Å². The Hall–Kier alpha value is -2.77. The Morgan fingerprint density at radius 3 is 2.32 bits per heavy atom. The van der Waals surface area contributed by atoms with Gasteiger partial charge in [0.15, 0.2) is 17.3 Å². The molecule has 1 aliphatic heterocycles. The quantitative estimate of drug-likeness (QED) is 0.678. The summed E-state index contributed by atoms with van der Waals surface area (Å²) in [6.07, 6.45) is 1.76. The van der Waals surface area contributed by atoms with Crippen molar-refractivity contribution in [2.24, 2.45) is 0 Å². The first kappa shape index (κ1) is 18.6. The summed E-state index contributed by atoms with van der Waals surface area (Å²) in [6, 6.07) is 3.95. The number of aromatic nitrogens is 5. The highest BCUT2D eigenvalue weighted by Crippen LogP contribution is 2.27. The molecule has 0 unspecified atom stereocenters. The zero-order chi connectivity index (χ0) is 20.1. The maximum absolute atomic E-state index is 14.8. The molecule has 1 fully saturated rings. The van der Waals surface area contributed by atoms with Crippen molar-refractivity contribution in [2.45, 2.75) is 40.0 Å². The van der Waals surface area contributed by atoms with E-state index in [1.54, 1.807) is 13.1 Å². The first-order chi connectivity index (χ1) is 13.2. The van der Waals surface area contributed by atoms with Crippen molar-refractivity contribution in [1.29, 1.82) is 0 Å². The zero-order valence-electron chi connectivity index (χ0n) is 17.1. The summed E-state index contributed by atoms with van der Waals surface area (Å²) in [6.45, 7) is 12.7. The van der Waals surface area contributed by atoms with Crippen LogP contribution in [0.25, 0.3) is 5.65 Å². The molecule has 0 aromatic carbocycles. The predicted octanol–water partition coefficient (Wildman–Crippen LogP) is 2.90.